The van der Waals surface area contributed by atoms with Gasteiger partial charge in [0, 0.05) is 0 Å². The van der Waals surface area contributed by atoms with Crippen LogP contribution in [-0.2, 0) is 19.6 Å². The molecule has 0 heterocycles. The van der Waals surface area contributed by atoms with Gasteiger partial charge in [-0.1, -0.05) is 0 Å². The van der Waals surface area contributed by atoms with Gasteiger partial charge >= 0.3 is 70.6 Å². The average Bonchev–Trinajstić information content (AvgIpc) is 2.34. The van der Waals surface area contributed by atoms with Crippen molar-refractivity contribution in [3.05, 3.63) is 12.1 Å². The molecule has 0 aromatic carbocycles. The van der Waals surface area contributed by atoms with Crippen LogP contribution >= 0.6 is 0 Å². The summed E-state index contributed by atoms with van der Waals surface area (Å²) in [5.74, 6) is -7.51. The minimum atomic E-state index is -7.53. The van der Waals surface area contributed by atoms with Crippen molar-refractivity contribution in [1.82, 2.24) is 0 Å². The molecule has 0 amide bonds. The molecule has 0 aliphatic carbocycles. The Morgan fingerprint density at radius 3 is 1.41 bits per heavy atom. The maximum atomic E-state index is 13.4. The molecule has 27 heavy (non-hydrogen) atoms. The maximum absolute atomic E-state index is 13.4. The Hall–Kier alpha value is -0.903. The molecule has 0 aliphatic rings. The van der Waals surface area contributed by atoms with Crippen LogP contribution in [0.3, 0.4) is 0 Å². The van der Waals surface area contributed by atoms with Crippen molar-refractivity contribution in [2.45, 2.75) is 29.5 Å². The summed E-state index contributed by atoms with van der Waals surface area (Å²) in [6.45, 7) is 0. The first-order chi connectivity index (χ1) is 11.0. The van der Waals surface area contributed by atoms with Gasteiger partial charge in [-0.3, -0.25) is 9.29 Å². The van der Waals surface area contributed by atoms with Crippen molar-refractivity contribution in [3.8, 4) is 0 Å². The first-order valence-corrected chi connectivity index (χ1v) is 6.43. The summed E-state index contributed by atoms with van der Waals surface area (Å²) in [6.07, 6.45) is -26.1. The number of hydrogen-bond acceptors (Lipinski definition) is 4. The molecule has 0 saturated heterocycles. The topological polar surface area (TPSA) is 72.8 Å². The Bertz CT molecular complexity index is 669. The van der Waals surface area contributed by atoms with E-state index in [1.165, 1.54) is 4.74 Å². The van der Waals surface area contributed by atoms with Gasteiger partial charge < -0.3 is 4.74 Å². The van der Waals surface area contributed by atoms with Crippen LogP contribution in [0.4, 0.5) is 57.1 Å². The quantitative estimate of drug-likeness (QED) is 0.278. The van der Waals surface area contributed by atoms with Crippen LogP contribution in [0.15, 0.2) is 12.1 Å². The summed E-state index contributed by atoms with van der Waals surface area (Å²) < 4.78 is 194. The van der Waals surface area contributed by atoms with Gasteiger partial charge in [0.05, 0.1) is 0 Å². The molecule has 20 heteroatoms. The molecular formula is C7H2F13LiO5S. The van der Waals surface area contributed by atoms with Crippen LogP contribution < -0.4 is 0 Å². The molecule has 5 nitrogen and oxygen atoms in total. The Kier molecular flexibility index (Phi) is 8.23. The van der Waals surface area contributed by atoms with E-state index in [1.807, 2.05) is 4.74 Å². The van der Waals surface area contributed by atoms with Gasteiger partial charge in [0.1, 0.15) is 0 Å². The molecule has 0 aromatic heterocycles. The van der Waals surface area contributed by atoms with Crippen LogP contribution in [0.5, 0.6) is 0 Å². The third-order valence-corrected chi connectivity index (χ3v) is 2.92. The Morgan fingerprint density at radius 2 is 1.15 bits per heavy atom. The van der Waals surface area contributed by atoms with Crippen molar-refractivity contribution in [1.29, 1.82) is 0 Å². The molecule has 0 spiro atoms. The number of alkyl halides is 10. The van der Waals surface area contributed by atoms with E-state index in [0.717, 1.165) is 0 Å². The van der Waals surface area contributed by atoms with Gasteiger partial charge in [0.25, 0.3) is 0 Å². The van der Waals surface area contributed by atoms with E-state index in [2.05, 4.69) is 0 Å². The number of hydrogen-bond donors (Lipinski definition) is 1. The first-order valence-electron chi connectivity index (χ1n) is 4.99. The molecule has 0 fully saturated rings. The van der Waals surface area contributed by atoms with Crippen LogP contribution in [0.2, 0.25) is 0 Å². The third kappa shape index (κ3) is 5.33. The van der Waals surface area contributed by atoms with Gasteiger partial charge in [0.2, 0.25) is 0 Å². The second kappa shape index (κ2) is 7.85. The molecule has 0 radical (unpaired) electrons. The predicted octanol–water partition coefficient (Wildman–Crippen LogP) is 3.30. The van der Waals surface area contributed by atoms with E-state index in [4.69, 9.17) is 4.55 Å². The van der Waals surface area contributed by atoms with Crippen LogP contribution in [0, 0.1) is 0 Å². The molecule has 1 atom stereocenters. The van der Waals surface area contributed by atoms with Crippen molar-refractivity contribution in [2.75, 3.05) is 0 Å². The van der Waals surface area contributed by atoms with E-state index < -0.39 is 51.7 Å². The monoisotopic (exact) mass is 452 g/mol. The van der Waals surface area contributed by atoms with Gasteiger partial charge in [0.15, 0.2) is 0 Å². The van der Waals surface area contributed by atoms with Crippen molar-refractivity contribution in [2.24, 2.45) is 0 Å². The Labute approximate surface area is 151 Å². The number of rotatable bonds is 7. The second-order valence-corrected chi connectivity index (χ2v) is 5.32. The summed E-state index contributed by atoms with van der Waals surface area (Å²) >= 11 is 0. The van der Waals surface area contributed by atoms with Gasteiger partial charge in [-0.2, -0.15) is 65.5 Å². The summed E-state index contributed by atoms with van der Waals surface area (Å²) in [4.78, 5) is 0. The third-order valence-electron chi connectivity index (χ3n) is 2.04. The second-order valence-electron chi connectivity index (χ2n) is 3.86. The van der Waals surface area contributed by atoms with Crippen molar-refractivity contribution < 1.29 is 79.5 Å². The molecule has 0 rings (SSSR count). The molecular weight excluding hydrogens is 450 g/mol. The molecule has 0 aromatic rings. The van der Waals surface area contributed by atoms with E-state index in [-0.39, 0.29) is 18.9 Å². The fourth-order valence-corrected chi connectivity index (χ4v) is 1.23. The molecule has 1 N–H and O–H groups in total. The van der Waals surface area contributed by atoms with Gasteiger partial charge in [-0.25, -0.2) is 0 Å². The standard InChI is InChI=1S/C7HF13O5S.Li.H/c8-1(9)2(10)24-5(15,16)3(11,4(12,13)14)25-6(17,18)7(19,20)26(21,22)23;;/h(H,21,22,23);;. The SMILES string of the molecule is O=S(=O)(O)C(F)(F)C(F)(F)OC(F)(C(F)(F)F)C(F)(F)OC(F)=C(F)F.[LiH]. The number of ether oxygens (including phenoxy) is 2. The average molecular weight is 452 g/mol. The molecule has 1 unspecified atom stereocenters. The van der Waals surface area contributed by atoms with Gasteiger partial charge in [-0.05, 0) is 0 Å². The van der Waals surface area contributed by atoms with E-state index in [0.29, 0.717) is 0 Å². The number of halogens is 13. The summed E-state index contributed by atoms with van der Waals surface area (Å²) in [6, 6.07) is -3.95. The molecule has 158 valence electrons. The van der Waals surface area contributed by atoms with Crippen molar-refractivity contribution in [3.63, 3.8) is 0 Å². The van der Waals surface area contributed by atoms with Crippen LogP contribution in [0.25, 0.3) is 0 Å². The van der Waals surface area contributed by atoms with Crippen LogP contribution in [0.1, 0.15) is 0 Å². The fourth-order valence-electron chi connectivity index (χ4n) is 0.885. The molecule has 0 bridgehead atoms. The predicted molar refractivity (Wildman–Crippen MR) is 56.0 cm³/mol. The molecule has 0 saturated carbocycles. The zero-order valence-corrected chi connectivity index (χ0v) is 11.7. The van der Waals surface area contributed by atoms with Crippen molar-refractivity contribution >= 4 is 29.0 Å². The van der Waals surface area contributed by atoms with Gasteiger partial charge in [-0.15, -0.1) is 0 Å². The normalized spacial score (nSPS) is 16.2. The summed E-state index contributed by atoms with van der Waals surface area (Å²) in [7, 11) is -7.39. The zero-order valence-electron chi connectivity index (χ0n) is 10.9. The van der Waals surface area contributed by atoms with E-state index in [9.17, 15) is 65.5 Å². The summed E-state index contributed by atoms with van der Waals surface area (Å²) in [5.41, 5.74) is 0. The minimum absolute atomic E-state index is 0. The van der Waals surface area contributed by atoms with Crippen LogP contribution in [-0.4, -0.2) is 61.3 Å². The van der Waals surface area contributed by atoms with E-state index in [1.54, 1.807) is 0 Å². The zero-order chi connectivity index (χ0) is 21.6. The Balaban J connectivity index is 0. The molecule has 0 aliphatic heterocycles. The first kappa shape index (κ1) is 28.3. The van der Waals surface area contributed by atoms with E-state index >= 15 is 0 Å². The Morgan fingerprint density at radius 1 is 0.778 bits per heavy atom. The fraction of sp³-hybridized carbons (Fsp3) is 0.714. The summed E-state index contributed by atoms with van der Waals surface area (Å²) in [5, 5.41) is -7.15.